The molecule has 1 rings (SSSR count). The molecule has 1 atom stereocenters. The number of morpholine rings is 1. The Morgan fingerprint density at radius 1 is 1.56 bits per heavy atom. The standard InChI is InChI=1S/C11H22N2O3/c1-11(2)8-12-5-9(16-11)6-15-7-10(14)13(3)4/h9,12H,5-8H2,1-4H3/t9-/m0/s1. The lowest BCUT2D eigenvalue weighted by Crippen LogP contribution is -2.52. The SMILES string of the molecule is CN(C)C(=O)COC[C@@H]1CNCC(C)(C)O1. The zero-order valence-electron chi connectivity index (χ0n) is 10.6. The van der Waals surface area contributed by atoms with E-state index in [4.69, 9.17) is 9.47 Å². The molecule has 0 spiro atoms. The van der Waals surface area contributed by atoms with Crippen molar-refractivity contribution < 1.29 is 14.3 Å². The molecule has 0 aromatic rings. The molecule has 1 heterocycles. The van der Waals surface area contributed by atoms with Gasteiger partial charge in [-0.2, -0.15) is 0 Å². The lowest BCUT2D eigenvalue weighted by molar-refractivity contribution is -0.141. The summed E-state index contributed by atoms with van der Waals surface area (Å²) in [5.74, 6) is -0.0250. The van der Waals surface area contributed by atoms with E-state index in [2.05, 4.69) is 5.32 Å². The maximum atomic E-state index is 11.3. The predicted octanol–water partition coefficient (Wildman–Crippen LogP) is -0.142. The van der Waals surface area contributed by atoms with Gasteiger partial charge in [0.05, 0.1) is 18.3 Å². The second-order valence-corrected chi connectivity index (χ2v) is 4.93. The number of carbonyl (C=O) groups is 1. The van der Waals surface area contributed by atoms with Crippen molar-refractivity contribution in [1.29, 1.82) is 0 Å². The Bertz CT molecular complexity index is 241. The Morgan fingerprint density at radius 2 is 2.25 bits per heavy atom. The molecule has 94 valence electrons. The van der Waals surface area contributed by atoms with Gasteiger partial charge in [0, 0.05) is 27.2 Å². The first-order valence-corrected chi connectivity index (χ1v) is 5.57. The largest absolute Gasteiger partial charge is 0.369 e. The highest BCUT2D eigenvalue weighted by Crippen LogP contribution is 2.15. The van der Waals surface area contributed by atoms with Crippen molar-refractivity contribution in [2.24, 2.45) is 0 Å². The van der Waals surface area contributed by atoms with Crippen LogP contribution >= 0.6 is 0 Å². The molecule has 0 radical (unpaired) electrons. The van der Waals surface area contributed by atoms with Crippen molar-refractivity contribution in [3.05, 3.63) is 0 Å². The fraction of sp³-hybridized carbons (Fsp3) is 0.909. The molecule has 5 heteroatoms. The first-order chi connectivity index (χ1) is 7.41. The number of ether oxygens (including phenoxy) is 2. The normalized spacial score (nSPS) is 24.1. The Balaban J connectivity index is 2.20. The summed E-state index contributed by atoms with van der Waals surface area (Å²) in [5, 5.41) is 3.29. The summed E-state index contributed by atoms with van der Waals surface area (Å²) in [6.45, 7) is 6.28. The van der Waals surface area contributed by atoms with Crippen molar-refractivity contribution in [3.63, 3.8) is 0 Å². The number of amides is 1. The average molecular weight is 230 g/mol. The van der Waals surface area contributed by atoms with Gasteiger partial charge in [0.15, 0.2) is 0 Å². The molecule has 5 nitrogen and oxygen atoms in total. The number of nitrogens with one attached hydrogen (secondary N) is 1. The highest BCUT2D eigenvalue weighted by atomic mass is 16.5. The average Bonchev–Trinajstić information content (AvgIpc) is 2.15. The van der Waals surface area contributed by atoms with Crippen LogP contribution in [0.3, 0.4) is 0 Å². The summed E-state index contributed by atoms with van der Waals surface area (Å²) in [5.41, 5.74) is -0.155. The predicted molar refractivity (Wildman–Crippen MR) is 61.3 cm³/mol. The number of nitrogens with zero attached hydrogens (tertiary/aromatic N) is 1. The Kier molecular flexibility index (Phi) is 4.70. The summed E-state index contributed by atoms with van der Waals surface area (Å²) >= 11 is 0. The molecule has 1 aliphatic heterocycles. The van der Waals surface area contributed by atoms with Crippen LogP contribution < -0.4 is 5.32 Å². The lowest BCUT2D eigenvalue weighted by atomic mass is 10.1. The maximum absolute atomic E-state index is 11.3. The van der Waals surface area contributed by atoms with E-state index in [-0.39, 0.29) is 24.2 Å². The van der Waals surface area contributed by atoms with Crippen LogP contribution in [0.1, 0.15) is 13.8 Å². The lowest BCUT2D eigenvalue weighted by Gasteiger charge is -2.36. The maximum Gasteiger partial charge on any atom is 0.248 e. The summed E-state index contributed by atoms with van der Waals surface area (Å²) in [7, 11) is 3.43. The van der Waals surface area contributed by atoms with Crippen LogP contribution in [0.4, 0.5) is 0 Å². The molecule has 0 bridgehead atoms. The zero-order chi connectivity index (χ0) is 12.2. The van der Waals surface area contributed by atoms with Gasteiger partial charge < -0.3 is 19.7 Å². The van der Waals surface area contributed by atoms with Gasteiger partial charge in [-0.05, 0) is 13.8 Å². The fourth-order valence-corrected chi connectivity index (χ4v) is 1.57. The van der Waals surface area contributed by atoms with E-state index in [1.807, 2.05) is 13.8 Å². The van der Waals surface area contributed by atoms with Crippen molar-refractivity contribution in [1.82, 2.24) is 10.2 Å². The molecule has 1 amide bonds. The van der Waals surface area contributed by atoms with E-state index in [0.29, 0.717) is 6.61 Å². The minimum atomic E-state index is -0.155. The van der Waals surface area contributed by atoms with Crippen molar-refractivity contribution >= 4 is 5.91 Å². The minimum absolute atomic E-state index is 0.0250. The van der Waals surface area contributed by atoms with Crippen LogP contribution in [-0.2, 0) is 14.3 Å². The third-order valence-electron chi connectivity index (χ3n) is 2.44. The van der Waals surface area contributed by atoms with E-state index in [1.54, 1.807) is 14.1 Å². The highest BCUT2D eigenvalue weighted by Gasteiger charge is 2.28. The first-order valence-electron chi connectivity index (χ1n) is 5.57. The van der Waals surface area contributed by atoms with Gasteiger partial charge in [0.2, 0.25) is 5.91 Å². The van der Waals surface area contributed by atoms with Gasteiger partial charge in [-0.15, -0.1) is 0 Å². The third-order valence-corrected chi connectivity index (χ3v) is 2.44. The van der Waals surface area contributed by atoms with E-state index < -0.39 is 0 Å². The summed E-state index contributed by atoms with van der Waals surface area (Å²) in [6.07, 6.45) is 0.0266. The van der Waals surface area contributed by atoms with Crippen LogP contribution in [0.25, 0.3) is 0 Å². The molecule has 1 fully saturated rings. The minimum Gasteiger partial charge on any atom is -0.369 e. The van der Waals surface area contributed by atoms with Gasteiger partial charge in [0.25, 0.3) is 0 Å². The monoisotopic (exact) mass is 230 g/mol. The van der Waals surface area contributed by atoms with E-state index in [1.165, 1.54) is 4.90 Å². The quantitative estimate of drug-likeness (QED) is 0.730. The summed E-state index contributed by atoms with van der Waals surface area (Å²) in [6, 6.07) is 0. The van der Waals surface area contributed by atoms with Gasteiger partial charge in [-0.25, -0.2) is 0 Å². The molecular formula is C11H22N2O3. The first kappa shape index (κ1) is 13.4. The fourth-order valence-electron chi connectivity index (χ4n) is 1.57. The van der Waals surface area contributed by atoms with Crippen LogP contribution in [-0.4, -0.2) is 62.9 Å². The second kappa shape index (κ2) is 5.61. The second-order valence-electron chi connectivity index (χ2n) is 4.93. The van der Waals surface area contributed by atoms with Gasteiger partial charge in [-0.1, -0.05) is 0 Å². The van der Waals surface area contributed by atoms with Crippen LogP contribution in [0.15, 0.2) is 0 Å². The number of rotatable bonds is 4. The van der Waals surface area contributed by atoms with Gasteiger partial charge in [0.1, 0.15) is 6.61 Å². The van der Waals surface area contributed by atoms with Crippen LogP contribution in [0, 0.1) is 0 Å². The molecule has 0 aromatic heterocycles. The van der Waals surface area contributed by atoms with Crippen LogP contribution in [0.5, 0.6) is 0 Å². The molecule has 16 heavy (non-hydrogen) atoms. The van der Waals surface area contributed by atoms with Crippen molar-refractivity contribution in [3.8, 4) is 0 Å². The molecule has 1 N–H and O–H groups in total. The zero-order valence-corrected chi connectivity index (χ0v) is 10.6. The van der Waals surface area contributed by atoms with E-state index in [0.717, 1.165) is 13.1 Å². The Morgan fingerprint density at radius 3 is 2.81 bits per heavy atom. The number of hydrogen-bond acceptors (Lipinski definition) is 4. The van der Waals surface area contributed by atoms with Crippen molar-refractivity contribution in [2.75, 3.05) is 40.4 Å². The molecule has 0 saturated carbocycles. The number of hydrogen-bond donors (Lipinski definition) is 1. The molecular weight excluding hydrogens is 208 g/mol. The van der Waals surface area contributed by atoms with Gasteiger partial charge >= 0.3 is 0 Å². The van der Waals surface area contributed by atoms with E-state index >= 15 is 0 Å². The third kappa shape index (κ3) is 4.47. The molecule has 0 aliphatic carbocycles. The topological polar surface area (TPSA) is 50.8 Å². The molecule has 1 aliphatic rings. The molecule has 1 saturated heterocycles. The highest BCUT2D eigenvalue weighted by molar-refractivity contribution is 5.76. The Labute approximate surface area is 97.1 Å². The summed E-state index contributed by atoms with van der Waals surface area (Å²) < 4.78 is 11.1. The number of likely N-dealkylation sites (N-methyl/N-ethyl adjacent to an activating group) is 1. The number of carbonyl (C=O) groups excluding carboxylic acids is 1. The van der Waals surface area contributed by atoms with Gasteiger partial charge in [-0.3, -0.25) is 4.79 Å². The van der Waals surface area contributed by atoms with Crippen molar-refractivity contribution in [2.45, 2.75) is 25.6 Å². The Hall–Kier alpha value is -0.650. The van der Waals surface area contributed by atoms with E-state index in [9.17, 15) is 4.79 Å². The molecule has 0 aromatic carbocycles. The smallest absolute Gasteiger partial charge is 0.248 e. The summed E-state index contributed by atoms with van der Waals surface area (Å²) in [4.78, 5) is 12.8. The molecule has 0 unspecified atom stereocenters. The van der Waals surface area contributed by atoms with Crippen LogP contribution in [0.2, 0.25) is 0 Å².